The minimum absolute atomic E-state index is 0.0188. The van der Waals surface area contributed by atoms with Gasteiger partial charge in [0.05, 0.1) is 29.1 Å². The second-order valence-corrected chi connectivity index (χ2v) is 7.95. The van der Waals surface area contributed by atoms with E-state index in [2.05, 4.69) is 6.58 Å². The van der Waals surface area contributed by atoms with E-state index in [1.807, 2.05) is 30.3 Å². The van der Waals surface area contributed by atoms with Gasteiger partial charge in [-0.3, -0.25) is 10.1 Å². The summed E-state index contributed by atoms with van der Waals surface area (Å²) in [5, 5.41) is 20.9. The van der Waals surface area contributed by atoms with Gasteiger partial charge in [0.2, 0.25) is 10.0 Å². The molecule has 0 heterocycles. The van der Waals surface area contributed by atoms with Gasteiger partial charge in [-0.25, -0.2) is 8.42 Å². The van der Waals surface area contributed by atoms with Crippen molar-refractivity contribution in [2.75, 3.05) is 19.7 Å². The number of aliphatic hydroxyl groups excluding tert-OH is 1. The standard InChI is InChI=1S/C19H22N2O6S/c1-2-12-20(13-18(22)15-27-14-16-6-4-3-5-7-16)28(25,26)19-10-8-17(9-11-19)21(23)24/h2-11,18,22H,1,12-15H2/t18-/m1/s1. The lowest BCUT2D eigenvalue weighted by molar-refractivity contribution is -0.384. The molecule has 0 radical (unpaired) electrons. The predicted molar refractivity (Wildman–Crippen MR) is 104 cm³/mol. The van der Waals surface area contributed by atoms with Gasteiger partial charge in [-0.1, -0.05) is 36.4 Å². The fourth-order valence-electron chi connectivity index (χ4n) is 2.48. The van der Waals surface area contributed by atoms with Gasteiger partial charge < -0.3 is 9.84 Å². The third-order valence-electron chi connectivity index (χ3n) is 3.85. The number of aliphatic hydroxyl groups is 1. The van der Waals surface area contributed by atoms with Crippen LogP contribution in [-0.4, -0.2) is 48.6 Å². The maximum absolute atomic E-state index is 12.8. The first-order chi connectivity index (χ1) is 13.3. The van der Waals surface area contributed by atoms with Crippen LogP contribution in [0.5, 0.6) is 0 Å². The monoisotopic (exact) mass is 406 g/mol. The van der Waals surface area contributed by atoms with Gasteiger partial charge in [0, 0.05) is 25.2 Å². The molecule has 0 unspecified atom stereocenters. The second kappa shape index (κ2) is 10.1. The molecule has 1 N–H and O–H groups in total. The van der Waals surface area contributed by atoms with E-state index in [0.29, 0.717) is 6.61 Å². The Morgan fingerprint density at radius 1 is 1.18 bits per heavy atom. The molecule has 150 valence electrons. The van der Waals surface area contributed by atoms with Gasteiger partial charge >= 0.3 is 0 Å². The smallest absolute Gasteiger partial charge is 0.269 e. The van der Waals surface area contributed by atoms with E-state index in [1.165, 1.54) is 18.2 Å². The quantitative estimate of drug-likeness (QED) is 0.348. The van der Waals surface area contributed by atoms with Crippen molar-refractivity contribution in [3.63, 3.8) is 0 Å². The van der Waals surface area contributed by atoms with Crippen LogP contribution in [0.2, 0.25) is 0 Å². The largest absolute Gasteiger partial charge is 0.389 e. The SMILES string of the molecule is C=CCN(C[C@@H](O)COCc1ccccc1)S(=O)(=O)c1ccc([N+](=O)[O-])cc1. The van der Waals surface area contributed by atoms with Crippen LogP contribution in [0.15, 0.2) is 72.1 Å². The maximum atomic E-state index is 12.8. The van der Waals surface area contributed by atoms with Crippen LogP contribution in [-0.2, 0) is 21.4 Å². The molecule has 8 nitrogen and oxygen atoms in total. The molecule has 0 amide bonds. The van der Waals surface area contributed by atoms with Crippen molar-refractivity contribution in [1.82, 2.24) is 4.31 Å². The van der Waals surface area contributed by atoms with E-state index in [-0.39, 0.29) is 30.3 Å². The molecule has 0 fully saturated rings. The minimum Gasteiger partial charge on any atom is -0.389 e. The van der Waals surface area contributed by atoms with Crippen molar-refractivity contribution in [2.45, 2.75) is 17.6 Å². The van der Waals surface area contributed by atoms with E-state index in [9.17, 15) is 23.6 Å². The number of nitro groups is 1. The van der Waals surface area contributed by atoms with Gasteiger partial charge in [-0.05, 0) is 17.7 Å². The fraction of sp³-hybridized carbons (Fsp3) is 0.263. The van der Waals surface area contributed by atoms with Crippen molar-refractivity contribution in [2.24, 2.45) is 0 Å². The summed E-state index contributed by atoms with van der Waals surface area (Å²) in [5.74, 6) is 0. The van der Waals surface area contributed by atoms with E-state index in [4.69, 9.17) is 4.74 Å². The van der Waals surface area contributed by atoms with Crippen molar-refractivity contribution in [3.8, 4) is 0 Å². The molecule has 0 saturated heterocycles. The molecule has 2 aromatic carbocycles. The minimum atomic E-state index is -3.95. The summed E-state index contributed by atoms with van der Waals surface area (Å²) < 4.78 is 32.1. The number of nitro benzene ring substituents is 1. The number of rotatable bonds is 11. The molecule has 0 spiro atoms. The first kappa shape index (κ1) is 21.7. The molecule has 0 aliphatic carbocycles. The highest BCUT2D eigenvalue weighted by Crippen LogP contribution is 2.20. The maximum Gasteiger partial charge on any atom is 0.269 e. The van der Waals surface area contributed by atoms with E-state index in [1.54, 1.807) is 0 Å². The average Bonchev–Trinajstić information content (AvgIpc) is 2.68. The average molecular weight is 406 g/mol. The van der Waals surface area contributed by atoms with Gasteiger partial charge in [0.1, 0.15) is 0 Å². The molecule has 0 saturated carbocycles. The Morgan fingerprint density at radius 2 is 1.82 bits per heavy atom. The predicted octanol–water partition coefficient (Wildman–Crippen LogP) is 2.35. The molecule has 0 aromatic heterocycles. The van der Waals surface area contributed by atoms with Crippen molar-refractivity contribution < 1.29 is 23.2 Å². The summed E-state index contributed by atoms with van der Waals surface area (Å²) in [7, 11) is -3.95. The number of ether oxygens (including phenoxy) is 1. The lowest BCUT2D eigenvalue weighted by Gasteiger charge is -2.23. The molecule has 0 aliphatic heterocycles. The van der Waals surface area contributed by atoms with Crippen molar-refractivity contribution in [1.29, 1.82) is 0 Å². The van der Waals surface area contributed by atoms with Gasteiger partial charge in [-0.2, -0.15) is 4.31 Å². The third kappa shape index (κ3) is 5.96. The molecular formula is C19H22N2O6S. The number of benzene rings is 2. The third-order valence-corrected chi connectivity index (χ3v) is 5.70. The normalized spacial score (nSPS) is 12.6. The Balaban J connectivity index is 2.01. The lowest BCUT2D eigenvalue weighted by atomic mass is 10.2. The first-order valence-electron chi connectivity index (χ1n) is 8.50. The highest BCUT2D eigenvalue weighted by Gasteiger charge is 2.26. The Morgan fingerprint density at radius 3 is 2.39 bits per heavy atom. The zero-order chi connectivity index (χ0) is 20.6. The molecule has 0 aliphatic rings. The molecule has 2 rings (SSSR count). The Bertz CT molecular complexity index is 884. The van der Waals surface area contributed by atoms with E-state index < -0.39 is 21.1 Å². The fourth-order valence-corrected chi connectivity index (χ4v) is 3.93. The molecule has 0 bridgehead atoms. The summed E-state index contributed by atoms with van der Waals surface area (Å²) in [5.41, 5.74) is 0.736. The van der Waals surface area contributed by atoms with Gasteiger partial charge in [0.25, 0.3) is 5.69 Å². The van der Waals surface area contributed by atoms with Crippen LogP contribution >= 0.6 is 0 Å². The number of non-ortho nitro benzene ring substituents is 1. The van der Waals surface area contributed by atoms with Crippen LogP contribution in [0.25, 0.3) is 0 Å². The summed E-state index contributed by atoms with van der Waals surface area (Å²) in [4.78, 5) is 10.0. The highest BCUT2D eigenvalue weighted by atomic mass is 32.2. The van der Waals surface area contributed by atoms with Crippen LogP contribution in [0.1, 0.15) is 5.56 Å². The van der Waals surface area contributed by atoms with E-state index >= 15 is 0 Å². The second-order valence-electron chi connectivity index (χ2n) is 6.02. The van der Waals surface area contributed by atoms with Crippen LogP contribution < -0.4 is 0 Å². The van der Waals surface area contributed by atoms with Crippen molar-refractivity contribution in [3.05, 3.63) is 82.9 Å². The zero-order valence-corrected chi connectivity index (χ0v) is 16.0. The number of hydrogen-bond acceptors (Lipinski definition) is 6. The molecule has 28 heavy (non-hydrogen) atoms. The Hall–Kier alpha value is -2.59. The van der Waals surface area contributed by atoms with Gasteiger partial charge in [0.15, 0.2) is 0 Å². The zero-order valence-electron chi connectivity index (χ0n) is 15.2. The van der Waals surface area contributed by atoms with Crippen LogP contribution in [0.3, 0.4) is 0 Å². The van der Waals surface area contributed by atoms with Gasteiger partial charge in [-0.15, -0.1) is 6.58 Å². The van der Waals surface area contributed by atoms with Crippen LogP contribution in [0, 0.1) is 10.1 Å². The number of sulfonamides is 1. The topological polar surface area (TPSA) is 110 Å². The summed E-state index contributed by atoms with van der Waals surface area (Å²) in [6.07, 6.45) is 0.358. The van der Waals surface area contributed by atoms with Crippen molar-refractivity contribution >= 4 is 15.7 Å². The molecular weight excluding hydrogens is 384 g/mol. The molecule has 1 atom stereocenters. The summed E-state index contributed by atoms with van der Waals surface area (Å²) in [6.45, 7) is 3.59. The number of hydrogen-bond donors (Lipinski definition) is 1. The summed E-state index contributed by atoms with van der Waals surface area (Å²) >= 11 is 0. The first-order valence-corrected chi connectivity index (χ1v) is 9.94. The Kier molecular flexibility index (Phi) is 7.82. The lowest BCUT2D eigenvalue weighted by Crippen LogP contribution is -2.39. The van der Waals surface area contributed by atoms with Crippen LogP contribution in [0.4, 0.5) is 5.69 Å². The molecule has 2 aromatic rings. The summed E-state index contributed by atoms with van der Waals surface area (Å²) in [6, 6.07) is 14.0. The highest BCUT2D eigenvalue weighted by molar-refractivity contribution is 7.89. The molecule has 9 heteroatoms. The number of nitrogens with zero attached hydrogens (tertiary/aromatic N) is 2. The van der Waals surface area contributed by atoms with E-state index in [0.717, 1.165) is 22.0 Å². The Labute approximate surface area is 163 Å².